The third-order valence-corrected chi connectivity index (χ3v) is 4.97. The molecule has 29 heavy (non-hydrogen) atoms. The molecule has 3 aromatic rings. The summed E-state index contributed by atoms with van der Waals surface area (Å²) in [5.74, 6) is -0.557. The molecule has 148 valence electrons. The molecule has 0 saturated carbocycles. The van der Waals surface area contributed by atoms with Gasteiger partial charge in [-0.3, -0.25) is 4.79 Å². The number of para-hydroxylation sites is 1. The highest BCUT2D eigenvalue weighted by Crippen LogP contribution is 2.36. The Kier molecular flexibility index (Phi) is 5.16. The Balaban J connectivity index is 1.78. The van der Waals surface area contributed by atoms with Crippen molar-refractivity contribution < 1.29 is 23.0 Å². The van der Waals surface area contributed by atoms with Crippen LogP contribution < -0.4 is 9.47 Å². The molecule has 0 aromatic heterocycles. The van der Waals surface area contributed by atoms with Crippen LogP contribution in [0.5, 0.6) is 11.5 Å². The number of methoxy groups -OCH3 is 1. The van der Waals surface area contributed by atoms with Gasteiger partial charge in [0.15, 0.2) is 11.5 Å². The molecule has 0 fully saturated rings. The van der Waals surface area contributed by atoms with Crippen LogP contribution in [-0.2, 0) is 13.1 Å². The summed E-state index contributed by atoms with van der Waals surface area (Å²) in [5, 5.41) is 0. The minimum atomic E-state index is -3.07. The van der Waals surface area contributed by atoms with Gasteiger partial charge in [-0.2, -0.15) is 8.78 Å². The van der Waals surface area contributed by atoms with Crippen molar-refractivity contribution >= 4 is 5.91 Å². The fourth-order valence-corrected chi connectivity index (χ4v) is 3.68. The lowest BCUT2D eigenvalue weighted by atomic mass is 9.97. The first-order valence-corrected chi connectivity index (χ1v) is 9.15. The third kappa shape index (κ3) is 3.66. The Hall–Kier alpha value is -3.41. The monoisotopic (exact) mass is 395 g/mol. The predicted octanol–water partition coefficient (Wildman–Crippen LogP) is 5.12. The summed E-state index contributed by atoms with van der Waals surface area (Å²) in [5.41, 5.74) is 4.15. The van der Waals surface area contributed by atoms with Crippen LogP contribution in [0.25, 0.3) is 11.1 Å². The second-order valence-electron chi connectivity index (χ2n) is 6.69. The zero-order valence-electron chi connectivity index (χ0n) is 15.8. The Morgan fingerprint density at radius 3 is 2.03 bits per heavy atom. The molecule has 4 rings (SSSR count). The molecule has 1 aliphatic heterocycles. The van der Waals surface area contributed by atoms with Gasteiger partial charge < -0.3 is 14.4 Å². The molecule has 1 aliphatic rings. The molecule has 0 atom stereocenters. The van der Waals surface area contributed by atoms with Crippen molar-refractivity contribution in [2.75, 3.05) is 7.11 Å². The highest BCUT2D eigenvalue weighted by atomic mass is 19.3. The lowest BCUT2D eigenvalue weighted by Crippen LogP contribution is -2.30. The van der Waals surface area contributed by atoms with Crippen LogP contribution in [0.1, 0.15) is 21.5 Å². The van der Waals surface area contributed by atoms with E-state index in [1.807, 2.05) is 48.5 Å². The minimum Gasteiger partial charge on any atom is -0.493 e. The van der Waals surface area contributed by atoms with Crippen LogP contribution in [0.4, 0.5) is 8.78 Å². The van der Waals surface area contributed by atoms with Crippen molar-refractivity contribution in [2.24, 2.45) is 0 Å². The van der Waals surface area contributed by atoms with Gasteiger partial charge in [0, 0.05) is 13.1 Å². The zero-order chi connectivity index (χ0) is 20.4. The number of rotatable bonds is 4. The molecular formula is C23H19F2NO3. The van der Waals surface area contributed by atoms with Gasteiger partial charge in [0.05, 0.1) is 12.7 Å². The molecule has 3 aromatic carbocycles. The van der Waals surface area contributed by atoms with E-state index in [0.29, 0.717) is 13.1 Å². The Labute approximate surface area is 167 Å². The number of amides is 1. The van der Waals surface area contributed by atoms with E-state index in [1.54, 1.807) is 11.0 Å². The minimum absolute atomic E-state index is 0.0431. The van der Waals surface area contributed by atoms with E-state index in [-0.39, 0.29) is 17.1 Å². The molecule has 0 N–H and O–H groups in total. The molecule has 0 saturated heterocycles. The summed E-state index contributed by atoms with van der Waals surface area (Å²) in [4.78, 5) is 15.0. The number of ether oxygens (including phenoxy) is 2. The van der Waals surface area contributed by atoms with E-state index in [4.69, 9.17) is 4.74 Å². The quantitative estimate of drug-likeness (QED) is 0.616. The van der Waals surface area contributed by atoms with Crippen molar-refractivity contribution in [3.63, 3.8) is 0 Å². The Bertz CT molecular complexity index is 1000. The van der Waals surface area contributed by atoms with Crippen LogP contribution in [0.2, 0.25) is 0 Å². The number of alkyl halides is 2. The van der Waals surface area contributed by atoms with E-state index in [2.05, 4.69) is 4.74 Å². The molecule has 1 heterocycles. The molecule has 6 heteroatoms. The van der Waals surface area contributed by atoms with Gasteiger partial charge in [-0.15, -0.1) is 0 Å². The summed E-state index contributed by atoms with van der Waals surface area (Å²) >= 11 is 0. The maximum atomic E-state index is 13.4. The lowest BCUT2D eigenvalue weighted by molar-refractivity contribution is -0.0516. The summed E-state index contributed by atoms with van der Waals surface area (Å²) in [6.45, 7) is -2.35. The number of carbonyl (C=O) groups excluding carboxylic acids is 1. The lowest BCUT2D eigenvalue weighted by Gasteiger charge is -2.23. The van der Waals surface area contributed by atoms with Crippen molar-refractivity contribution in [1.29, 1.82) is 0 Å². The van der Waals surface area contributed by atoms with Gasteiger partial charge in [-0.25, -0.2) is 0 Å². The molecule has 0 radical (unpaired) electrons. The number of halogens is 2. The SMILES string of the molecule is COc1cccc(C(=O)N2Cc3ccccc3-c3ccccc3C2)c1OC(F)F. The van der Waals surface area contributed by atoms with Crippen molar-refractivity contribution in [1.82, 2.24) is 4.90 Å². The fourth-order valence-electron chi connectivity index (χ4n) is 3.68. The first-order valence-electron chi connectivity index (χ1n) is 9.15. The van der Waals surface area contributed by atoms with Crippen molar-refractivity contribution in [3.8, 4) is 22.6 Å². The smallest absolute Gasteiger partial charge is 0.387 e. The first-order chi connectivity index (χ1) is 14.1. The van der Waals surface area contributed by atoms with Crippen LogP contribution in [0.15, 0.2) is 66.7 Å². The Morgan fingerprint density at radius 1 is 0.897 bits per heavy atom. The summed E-state index contributed by atoms with van der Waals surface area (Å²) in [6.07, 6.45) is 0. The normalized spacial score (nSPS) is 12.8. The maximum Gasteiger partial charge on any atom is 0.387 e. The average molecular weight is 395 g/mol. The third-order valence-electron chi connectivity index (χ3n) is 4.97. The molecule has 0 unspecified atom stereocenters. The second-order valence-corrected chi connectivity index (χ2v) is 6.69. The van der Waals surface area contributed by atoms with Gasteiger partial charge in [-0.05, 0) is 34.4 Å². The van der Waals surface area contributed by atoms with Gasteiger partial charge >= 0.3 is 6.61 Å². The molecule has 4 nitrogen and oxygen atoms in total. The first kappa shape index (κ1) is 18.9. The van der Waals surface area contributed by atoms with Crippen molar-refractivity contribution in [3.05, 3.63) is 83.4 Å². The number of carbonyl (C=O) groups is 1. The topological polar surface area (TPSA) is 38.8 Å². The highest BCUT2D eigenvalue weighted by Gasteiger charge is 2.27. The van der Waals surface area contributed by atoms with E-state index in [9.17, 15) is 13.6 Å². The van der Waals surface area contributed by atoms with Gasteiger partial charge in [0.25, 0.3) is 5.91 Å². The standard InChI is InChI=1S/C23H19F2NO3/c1-28-20-12-6-11-19(21(20)29-23(24)25)22(27)26-13-15-7-2-4-9-17(15)18-10-5-3-8-16(18)14-26/h2-12,23H,13-14H2,1H3. The van der Waals surface area contributed by atoms with Crippen LogP contribution in [0.3, 0.4) is 0 Å². The summed E-state index contributed by atoms with van der Waals surface area (Å²) in [7, 11) is 1.35. The van der Waals surface area contributed by atoms with Crippen LogP contribution in [-0.4, -0.2) is 24.5 Å². The average Bonchev–Trinajstić information content (AvgIpc) is 2.90. The number of hydrogen-bond donors (Lipinski definition) is 0. The highest BCUT2D eigenvalue weighted by molar-refractivity contribution is 5.98. The van der Waals surface area contributed by atoms with E-state index in [0.717, 1.165) is 22.3 Å². The second kappa shape index (κ2) is 7.91. The molecule has 1 amide bonds. The van der Waals surface area contributed by atoms with Crippen molar-refractivity contribution in [2.45, 2.75) is 19.7 Å². The summed E-state index contributed by atoms with van der Waals surface area (Å²) < 4.78 is 35.7. The van der Waals surface area contributed by atoms with Gasteiger partial charge in [-0.1, -0.05) is 54.6 Å². The number of benzene rings is 3. The molecule has 0 spiro atoms. The number of hydrogen-bond acceptors (Lipinski definition) is 3. The largest absolute Gasteiger partial charge is 0.493 e. The van der Waals surface area contributed by atoms with Crippen LogP contribution >= 0.6 is 0 Å². The maximum absolute atomic E-state index is 13.4. The summed E-state index contributed by atoms with van der Waals surface area (Å²) in [6, 6.07) is 20.3. The molecular weight excluding hydrogens is 376 g/mol. The predicted molar refractivity (Wildman–Crippen MR) is 105 cm³/mol. The number of fused-ring (bicyclic) bond motifs is 3. The molecule has 0 bridgehead atoms. The van der Waals surface area contributed by atoms with E-state index >= 15 is 0 Å². The van der Waals surface area contributed by atoms with Crippen LogP contribution in [0, 0.1) is 0 Å². The number of nitrogens with zero attached hydrogens (tertiary/aromatic N) is 1. The zero-order valence-corrected chi connectivity index (χ0v) is 15.8. The molecule has 0 aliphatic carbocycles. The fraction of sp³-hybridized carbons (Fsp3) is 0.174. The van der Waals surface area contributed by atoms with E-state index < -0.39 is 12.5 Å². The Morgan fingerprint density at radius 2 is 1.48 bits per heavy atom. The van der Waals surface area contributed by atoms with Gasteiger partial charge in [0.2, 0.25) is 0 Å². The van der Waals surface area contributed by atoms with E-state index in [1.165, 1.54) is 19.2 Å². The van der Waals surface area contributed by atoms with Gasteiger partial charge in [0.1, 0.15) is 0 Å².